The normalized spacial score (nSPS) is 37.3. The monoisotopic (exact) mass is 363 g/mol. The summed E-state index contributed by atoms with van der Waals surface area (Å²) in [6, 6.07) is -0.0923. The first-order chi connectivity index (χ1) is 11.9. The molecule has 1 amide bonds. The van der Waals surface area contributed by atoms with Gasteiger partial charge in [-0.3, -0.25) is 4.79 Å². The fourth-order valence-electron chi connectivity index (χ4n) is 4.76. The Morgan fingerprint density at radius 1 is 1.12 bits per heavy atom. The van der Waals surface area contributed by atoms with Crippen LogP contribution in [0.2, 0.25) is 0 Å². The van der Waals surface area contributed by atoms with E-state index in [-0.39, 0.29) is 42.7 Å². The number of rotatable bonds is 3. The van der Waals surface area contributed by atoms with Gasteiger partial charge in [0.1, 0.15) is 0 Å². The molecular formula is C18H28F3NO3. The number of halogens is 3. The highest BCUT2D eigenvalue weighted by Gasteiger charge is 2.43. The molecule has 1 saturated heterocycles. The highest BCUT2D eigenvalue weighted by molar-refractivity contribution is 5.77. The van der Waals surface area contributed by atoms with Crippen molar-refractivity contribution >= 4 is 5.91 Å². The summed E-state index contributed by atoms with van der Waals surface area (Å²) in [5.74, 6) is -1.08. The van der Waals surface area contributed by atoms with E-state index in [4.69, 9.17) is 4.74 Å². The summed E-state index contributed by atoms with van der Waals surface area (Å²) >= 11 is 0. The topological polar surface area (TPSA) is 49.8 Å². The van der Waals surface area contributed by atoms with Gasteiger partial charge in [0.25, 0.3) is 0 Å². The lowest BCUT2D eigenvalue weighted by molar-refractivity contribution is -0.184. The predicted molar refractivity (Wildman–Crippen MR) is 85.8 cm³/mol. The number of ether oxygens (including phenoxy) is 1. The smallest absolute Gasteiger partial charge is 0.391 e. The van der Waals surface area contributed by atoms with Crippen molar-refractivity contribution in [2.24, 2.45) is 17.8 Å². The van der Waals surface area contributed by atoms with Crippen LogP contribution in [0, 0.1) is 17.8 Å². The molecule has 3 atom stereocenters. The Hall–Kier alpha value is -0.820. The molecule has 3 fully saturated rings. The molecule has 0 aromatic heterocycles. The Labute approximate surface area is 146 Å². The molecule has 2 saturated carbocycles. The van der Waals surface area contributed by atoms with Crippen molar-refractivity contribution in [1.82, 2.24) is 4.90 Å². The van der Waals surface area contributed by atoms with Crippen LogP contribution < -0.4 is 0 Å². The lowest BCUT2D eigenvalue weighted by atomic mass is 9.80. The van der Waals surface area contributed by atoms with Gasteiger partial charge in [0.15, 0.2) is 0 Å². The summed E-state index contributed by atoms with van der Waals surface area (Å²) in [4.78, 5) is 14.6. The van der Waals surface area contributed by atoms with Gasteiger partial charge in [-0.25, -0.2) is 0 Å². The molecule has 7 heteroatoms. The standard InChI is InChI=1S/C18H28F3NO3/c19-18(20,21)13-6-4-12(5-7-13)10-17(24)22-8-9-25-11-15(22)14-2-1-3-16(14)23/h12-16,23H,1-11H2/t12?,13?,14-,15+,16+/m0/s1. The van der Waals surface area contributed by atoms with Crippen molar-refractivity contribution in [2.75, 3.05) is 19.8 Å². The second-order valence-corrected chi connectivity index (χ2v) is 7.85. The van der Waals surface area contributed by atoms with Crippen LogP contribution in [0.4, 0.5) is 13.2 Å². The fraction of sp³-hybridized carbons (Fsp3) is 0.944. The van der Waals surface area contributed by atoms with E-state index in [0.29, 0.717) is 39.0 Å². The molecule has 4 nitrogen and oxygen atoms in total. The van der Waals surface area contributed by atoms with E-state index in [0.717, 1.165) is 19.3 Å². The number of alkyl halides is 3. The summed E-state index contributed by atoms with van der Waals surface area (Å²) in [5.41, 5.74) is 0. The number of aliphatic hydroxyl groups is 1. The van der Waals surface area contributed by atoms with Gasteiger partial charge >= 0.3 is 6.18 Å². The van der Waals surface area contributed by atoms with Gasteiger partial charge in [0, 0.05) is 18.9 Å². The molecule has 0 unspecified atom stereocenters. The molecule has 0 radical (unpaired) electrons. The molecule has 25 heavy (non-hydrogen) atoms. The Bertz CT molecular complexity index is 463. The van der Waals surface area contributed by atoms with Gasteiger partial charge in [-0.1, -0.05) is 6.42 Å². The Balaban J connectivity index is 1.55. The molecule has 3 rings (SSSR count). The molecule has 1 aliphatic heterocycles. The first-order valence-electron chi connectivity index (χ1n) is 9.48. The minimum absolute atomic E-state index is 0.0165. The average molecular weight is 363 g/mol. The third-order valence-corrected chi connectivity index (χ3v) is 6.28. The zero-order valence-corrected chi connectivity index (χ0v) is 14.5. The molecule has 144 valence electrons. The number of morpholine rings is 1. The first-order valence-corrected chi connectivity index (χ1v) is 9.48. The van der Waals surface area contributed by atoms with Crippen LogP contribution in [-0.2, 0) is 9.53 Å². The van der Waals surface area contributed by atoms with Gasteiger partial charge in [-0.15, -0.1) is 0 Å². The molecule has 1 N–H and O–H groups in total. The minimum atomic E-state index is -4.11. The van der Waals surface area contributed by atoms with E-state index in [1.807, 2.05) is 4.90 Å². The molecular weight excluding hydrogens is 335 g/mol. The molecule has 0 aromatic carbocycles. The SMILES string of the molecule is O=C(CC1CCC(C(F)(F)F)CC1)N1CCOC[C@@H]1[C@@H]1CCC[C@H]1O. The molecule has 0 bridgehead atoms. The van der Waals surface area contributed by atoms with Crippen molar-refractivity contribution in [3.05, 3.63) is 0 Å². The zero-order chi connectivity index (χ0) is 18.0. The van der Waals surface area contributed by atoms with Crippen molar-refractivity contribution < 1.29 is 27.8 Å². The maximum Gasteiger partial charge on any atom is 0.391 e. The van der Waals surface area contributed by atoms with E-state index in [2.05, 4.69) is 0 Å². The van der Waals surface area contributed by atoms with Gasteiger partial charge in [0.2, 0.25) is 5.91 Å². The summed E-state index contributed by atoms with van der Waals surface area (Å²) in [6.07, 6.45) is -0.332. The maximum absolute atomic E-state index is 12.8. The fourth-order valence-corrected chi connectivity index (χ4v) is 4.76. The van der Waals surface area contributed by atoms with Gasteiger partial charge in [-0.05, 0) is 44.4 Å². The summed E-state index contributed by atoms with van der Waals surface area (Å²) < 4.78 is 43.8. The maximum atomic E-state index is 12.8. The second kappa shape index (κ2) is 7.82. The van der Waals surface area contributed by atoms with Gasteiger partial charge in [-0.2, -0.15) is 13.2 Å². The first kappa shape index (κ1) is 19.0. The number of aliphatic hydroxyl groups excluding tert-OH is 1. The highest BCUT2D eigenvalue weighted by atomic mass is 19.4. The van der Waals surface area contributed by atoms with Gasteiger partial charge in [0.05, 0.1) is 31.3 Å². The number of hydrogen-bond donors (Lipinski definition) is 1. The van der Waals surface area contributed by atoms with Crippen LogP contribution in [0.15, 0.2) is 0 Å². The van der Waals surface area contributed by atoms with Crippen LogP contribution in [0.25, 0.3) is 0 Å². The number of nitrogens with zero attached hydrogens (tertiary/aromatic N) is 1. The van der Waals surface area contributed by atoms with Crippen LogP contribution in [0.3, 0.4) is 0 Å². The van der Waals surface area contributed by atoms with Crippen LogP contribution in [0.5, 0.6) is 0 Å². The number of carbonyl (C=O) groups excluding carboxylic acids is 1. The van der Waals surface area contributed by atoms with Crippen molar-refractivity contribution in [3.8, 4) is 0 Å². The van der Waals surface area contributed by atoms with Crippen LogP contribution in [0.1, 0.15) is 51.4 Å². The molecule has 1 heterocycles. The van der Waals surface area contributed by atoms with Crippen molar-refractivity contribution in [1.29, 1.82) is 0 Å². The predicted octanol–water partition coefficient (Wildman–Crippen LogP) is 3.13. The third-order valence-electron chi connectivity index (χ3n) is 6.28. The van der Waals surface area contributed by atoms with Crippen molar-refractivity contribution in [2.45, 2.75) is 69.7 Å². The average Bonchev–Trinajstić information content (AvgIpc) is 3.00. The second-order valence-electron chi connectivity index (χ2n) is 7.85. The molecule has 0 aromatic rings. The summed E-state index contributed by atoms with van der Waals surface area (Å²) in [5, 5.41) is 10.2. The van der Waals surface area contributed by atoms with Crippen molar-refractivity contribution in [3.63, 3.8) is 0 Å². The number of hydrogen-bond acceptors (Lipinski definition) is 3. The van der Waals surface area contributed by atoms with Crippen LogP contribution in [-0.4, -0.2) is 54.0 Å². The third kappa shape index (κ3) is 4.48. The molecule has 2 aliphatic carbocycles. The van der Waals surface area contributed by atoms with E-state index in [1.165, 1.54) is 0 Å². The Kier molecular flexibility index (Phi) is 5.93. The Morgan fingerprint density at radius 3 is 2.44 bits per heavy atom. The van der Waals surface area contributed by atoms with Crippen LogP contribution >= 0.6 is 0 Å². The zero-order valence-electron chi connectivity index (χ0n) is 14.5. The van der Waals surface area contributed by atoms with E-state index in [1.54, 1.807) is 0 Å². The van der Waals surface area contributed by atoms with E-state index >= 15 is 0 Å². The number of carbonyl (C=O) groups is 1. The highest BCUT2D eigenvalue weighted by Crippen LogP contribution is 2.41. The summed E-state index contributed by atoms with van der Waals surface area (Å²) in [6.45, 7) is 1.46. The Morgan fingerprint density at radius 2 is 1.84 bits per heavy atom. The van der Waals surface area contributed by atoms with Gasteiger partial charge < -0.3 is 14.7 Å². The molecule has 0 spiro atoms. The lowest BCUT2D eigenvalue weighted by Gasteiger charge is -2.41. The molecule has 3 aliphatic rings. The summed E-state index contributed by atoms with van der Waals surface area (Å²) in [7, 11) is 0. The van der Waals surface area contributed by atoms with E-state index < -0.39 is 12.1 Å². The lowest BCUT2D eigenvalue weighted by Crippen LogP contribution is -2.54. The number of amides is 1. The largest absolute Gasteiger partial charge is 0.393 e. The quantitative estimate of drug-likeness (QED) is 0.838. The minimum Gasteiger partial charge on any atom is -0.393 e. The van der Waals surface area contributed by atoms with E-state index in [9.17, 15) is 23.1 Å².